The van der Waals surface area contributed by atoms with Crippen molar-refractivity contribution in [3.8, 4) is 0 Å². The van der Waals surface area contributed by atoms with Crippen LogP contribution in [0.2, 0.25) is 0 Å². The second kappa shape index (κ2) is 8.73. The first-order chi connectivity index (χ1) is 15.5. The number of anilines is 1. The number of aromatic nitrogens is 2. The van der Waals surface area contributed by atoms with E-state index in [0.29, 0.717) is 10.6 Å². The van der Waals surface area contributed by atoms with E-state index in [1.807, 2.05) is 39.0 Å². The van der Waals surface area contributed by atoms with Crippen LogP contribution in [-0.4, -0.2) is 29.9 Å². The number of amides is 1. The third-order valence-electron chi connectivity index (χ3n) is 5.17. The molecule has 0 aliphatic rings. The summed E-state index contributed by atoms with van der Waals surface area (Å²) in [6.07, 6.45) is 0.289. The van der Waals surface area contributed by atoms with E-state index in [4.69, 9.17) is 4.42 Å². The largest absolute Gasteiger partial charge is 0.419 e. The van der Waals surface area contributed by atoms with Crippen molar-refractivity contribution >= 4 is 53.7 Å². The zero-order valence-corrected chi connectivity index (χ0v) is 20.2. The highest BCUT2D eigenvalue weighted by atomic mass is 32.2. The Morgan fingerprint density at radius 3 is 2.70 bits per heavy atom. The van der Waals surface area contributed by atoms with Gasteiger partial charge in [-0.2, -0.15) is 4.72 Å². The Labute approximate surface area is 194 Å². The molecule has 4 rings (SSSR count). The zero-order valence-electron chi connectivity index (χ0n) is 18.6. The SMILES string of the molecule is Cc1ccc2nc(NC(=O)C(CC(C)C)NS(=O)(=O)c3ccc4c(c3)oc(=O)n4C)sc2c1. The topological polar surface area (TPSA) is 123 Å². The first kappa shape index (κ1) is 23.1. The van der Waals surface area contributed by atoms with Gasteiger partial charge in [0.25, 0.3) is 0 Å². The normalized spacial score (nSPS) is 13.1. The van der Waals surface area contributed by atoms with E-state index in [-0.39, 0.29) is 22.8 Å². The number of thiazole rings is 1. The van der Waals surface area contributed by atoms with Gasteiger partial charge in [-0.25, -0.2) is 18.2 Å². The fourth-order valence-electron chi connectivity index (χ4n) is 3.49. The van der Waals surface area contributed by atoms with Crippen molar-refractivity contribution < 1.29 is 17.6 Å². The van der Waals surface area contributed by atoms with Gasteiger partial charge in [0, 0.05) is 13.1 Å². The van der Waals surface area contributed by atoms with Gasteiger partial charge < -0.3 is 9.73 Å². The summed E-state index contributed by atoms with van der Waals surface area (Å²) < 4.78 is 35.9. The van der Waals surface area contributed by atoms with Crippen molar-refractivity contribution in [3.05, 3.63) is 52.5 Å². The van der Waals surface area contributed by atoms with Gasteiger partial charge in [-0.1, -0.05) is 31.3 Å². The van der Waals surface area contributed by atoms with Crippen LogP contribution in [-0.2, 0) is 21.9 Å². The number of benzene rings is 2. The van der Waals surface area contributed by atoms with Crippen molar-refractivity contribution in [1.82, 2.24) is 14.3 Å². The number of hydrogen-bond acceptors (Lipinski definition) is 7. The zero-order chi connectivity index (χ0) is 23.9. The van der Waals surface area contributed by atoms with Gasteiger partial charge in [0.2, 0.25) is 15.9 Å². The quantitative estimate of drug-likeness (QED) is 0.411. The molecule has 0 aliphatic heterocycles. The molecule has 0 bridgehead atoms. The summed E-state index contributed by atoms with van der Waals surface area (Å²) in [6.45, 7) is 5.78. The van der Waals surface area contributed by atoms with E-state index < -0.39 is 27.7 Å². The van der Waals surface area contributed by atoms with Crippen molar-refractivity contribution in [1.29, 1.82) is 0 Å². The third kappa shape index (κ3) is 4.85. The maximum absolute atomic E-state index is 13.1. The monoisotopic (exact) mass is 488 g/mol. The molecule has 2 heterocycles. The molecule has 0 spiro atoms. The molecule has 1 unspecified atom stereocenters. The Kier molecular flexibility index (Phi) is 6.12. The van der Waals surface area contributed by atoms with Gasteiger partial charge >= 0.3 is 5.76 Å². The van der Waals surface area contributed by atoms with Crippen LogP contribution in [0, 0.1) is 12.8 Å². The lowest BCUT2D eigenvalue weighted by Gasteiger charge is -2.19. The lowest BCUT2D eigenvalue weighted by Crippen LogP contribution is -2.44. The highest BCUT2D eigenvalue weighted by molar-refractivity contribution is 7.89. The Morgan fingerprint density at radius 2 is 1.97 bits per heavy atom. The molecule has 0 saturated heterocycles. The molecule has 0 saturated carbocycles. The maximum atomic E-state index is 13.1. The molecular weight excluding hydrogens is 464 g/mol. The Morgan fingerprint density at radius 1 is 1.21 bits per heavy atom. The minimum Gasteiger partial charge on any atom is -0.408 e. The smallest absolute Gasteiger partial charge is 0.408 e. The predicted molar refractivity (Wildman–Crippen MR) is 128 cm³/mol. The number of fused-ring (bicyclic) bond motifs is 2. The van der Waals surface area contributed by atoms with Gasteiger partial charge in [0.15, 0.2) is 10.7 Å². The molecule has 174 valence electrons. The Bertz CT molecular complexity index is 1510. The lowest BCUT2D eigenvalue weighted by atomic mass is 10.0. The molecule has 0 aliphatic carbocycles. The van der Waals surface area contributed by atoms with E-state index in [1.54, 1.807) is 0 Å². The first-order valence-corrected chi connectivity index (χ1v) is 12.6. The fourth-order valence-corrected chi connectivity index (χ4v) is 5.68. The van der Waals surface area contributed by atoms with Crippen molar-refractivity contribution in [2.75, 3.05) is 5.32 Å². The number of carbonyl (C=O) groups excluding carboxylic acids is 1. The molecule has 1 amide bonds. The molecular formula is C22H24N4O5S2. The van der Waals surface area contributed by atoms with Crippen LogP contribution in [0.25, 0.3) is 21.3 Å². The molecule has 33 heavy (non-hydrogen) atoms. The van der Waals surface area contributed by atoms with Crippen LogP contribution in [0.4, 0.5) is 5.13 Å². The summed E-state index contributed by atoms with van der Waals surface area (Å²) in [6, 6.07) is 8.93. The number of nitrogens with zero attached hydrogens (tertiary/aromatic N) is 2. The average Bonchev–Trinajstić information content (AvgIpc) is 3.25. The number of aryl methyl sites for hydroxylation is 2. The molecule has 2 aromatic carbocycles. The average molecular weight is 489 g/mol. The van der Waals surface area contributed by atoms with Crippen LogP contribution in [0.15, 0.2) is 50.5 Å². The number of sulfonamides is 1. The standard InChI is InChI=1S/C22H24N4O5S2/c1-12(2)9-16(20(27)24-21-23-15-7-5-13(3)10-19(15)32-21)25-33(29,30)14-6-8-17-18(11-14)31-22(28)26(17)4/h5-8,10-12,16,25H,9H2,1-4H3,(H,23,24,27). The summed E-state index contributed by atoms with van der Waals surface area (Å²) >= 11 is 1.33. The van der Waals surface area contributed by atoms with E-state index in [0.717, 1.165) is 15.8 Å². The summed E-state index contributed by atoms with van der Waals surface area (Å²) in [5, 5.41) is 3.15. The van der Waals surface area contributed by atoms with Gasteiger partial charge in [0.1, 0.15) is 6.04 Å². The second-order valence-corrected chi connectivity index (χ2v) is 11.1. The molecule has 2 N–H and O–H groups in total. The van der Waals surface area contributed by atoms with E-state index in [2.05, 4.69) is 15.0 Å². The number of oxazole rings is 1. The molecule has 1 atom stereocenters. The molecule has 4 aromatic rings. The summed E-state index contributed by atoms with van der Waals surface area (Å²) in [5.41, 5.74) is 2.47. The lowest BCUT2D eigenvalue weighted by molar-refractivity contribution is -0.118. The predicted octanol–water partition coefficient (Wildman–Crippen LogP) is 3.38. The summed E-state index contributed by atoms with van der Waals surface area (Å²) in [4.78, 5) is 29.1. The van der Waals surface area contributed by atoms with Crippen molar-refractivity contribution in [2.24, 2.45) is 13.0 Å². The van der Waals surface area contributed by atoms with Gasteiger partial charge in [-0.3, -0.25) is 9.36 Å². The minimum absolute atomic E-state index is 0.0519. The number of hydrogen-bond donors (Lipinski definition) is 2. The van der Waals surface area contributed by atoms with Gasteiger partial charge in [-0.15, -0.1) is 0 Å². The second-order valence-electron chi connectivity index (χ2n) is 8.34. The van der Waals surface area contributed by atoms with Crippen LogP contribution in [0.5, 0.6) is 0 Å². The van der Waals surface area contributed by atoms with Crippen molar-refractivity contribution in [3.63, 3.8) is 0 Å². The number of carbonyl (C=O) groups is 1. The van der Waals surface area contributed by atoms with Crippen molar-refractivity contribution in [2.45, 2.75) is 38.1 Å². The Hall–Kier alpha value is -3.02. The molecule has 9 nitrogen and oxygen atoms in total. The molecule has 2 aromatic heterocycles. The minimum atomic E-state index is -4.07. The van der Waals surface area contributed by atoms with Crippen LogP contribution in [0.3, 0.4) is 0 Å². The summed E-state index contributed by atoms with van der Waals surface area (Å²) in [5.74, 6) is -1.03. The maximum Gasteiger partial charge on any atom is 0.419 e. The number of nitrogens with one attached hydrogen (secondary N) is 2. The highest BCUT2D eigenvalue weighted by Crippen LogP contribution is 2.27. The molecule has 0 radical (unpaired) electrons. The van der Waals surface area contributed by atoms with Crippen LogP contribution in [0.1, 0.15) is 25.8 Å². The van der Waals surface area contributed by atoms with Gasteiger partial charge in [0.05, 0.1) is 20.6 Å². The van der Waals surface area contributed by atoms with Gasteiger partial charge in [-0.05, 0) is 49.1 Å². The first-order valence-electron chi connectivity index (χ1n) is 10.3. The van der Waals surface area contributed by atoms with E-state index in [9.17, 15) is 18.0 Å². The van der Waals surface area contributed by atoms with Crippen LogP contribution < -0.4 is 15.8 Å². The number of rotatable bonds is 7. The Balaban J connectivity index is 1.59. The fraction of sp³-hybridized carbons (Fsp3) is 0.318. The highest BCUT2D eigenvalue weighted by Gasteiger charge is 2.28. The van der Waals surface area contributed by atoms with Crippen LogP contribution >= 0.6 is 11.3 Å². The summed E-state index contributed by atoms with van der Waals surface area (Å²) in [7, 11) is -2.53. The molecule has 11 heteroatoms. The third-order valence-corrected chi connectivity index (χ3v) is 7.57. The van der Waals surface area contributed by atoms with E-state index >= 15 is 0 Å². The molecule has 0 fully saturated rings. The van der Waals surface area contributed by atoms with E-state index in [1.165, 1.54) is 41.2 Å².